The summed E-state index contributed by atoms with van der Waals surface area (Å²) in [7, 11) is 0. The van der Waals surface area contributed by atoms with Gasteiger partial charge < -0.3 is 10.4 Å². The number of carboxylic acids is 1. The Morgan fingerprint density at radius 1 is 1.42 bits per heavy atom. The van der Waals surface area contributed by atoms with Crippen molar-refractivity contribution in [1.29, 1.82) is 0 Å². The Kier molecular flexibility index (Phi) is 4.14. The molecule has 0 fully saturated rings. The predicted molar refractivity (Wildman–Crippen MR) is 65.9 cm³/mol. The minimum atomic E-state index is -2.77. The van der Waals surface area contributed by atoms with E-state index in [0.717, 1.165) is 29.7 Å². The number of carbonyl (C=O) groups is 2. The number of hydrogen-bond donors (Lipinski definition) is 2. The first-order chi connectivity index (χ1) is 8.97. The standard InChI is InChI=1S/C12H13F2NO3S/c13-10(14)5-7(12(17)18)15-11(16)9-4-6-2-1-3-8(6)19-9/h4,7,10H,1-3,5H2,(H,15,16)(H,17,18). The molecule has 2 rings (SSSR count). The molecule has 0 spiro atoms. The van der Waals surface area contributed by atoms with Gasteiger partial charge in [0.05, 0.1) is 4.88 Å². The molecule has 1 aliphatic rings. The summed E-state index contributed by atoms with van der Waals surface area (Å²) in [5, 5.41) is 10.9. The van der Waals surface area contributed by atoms with Gasteiger partial charge in [-0.1, -0.05) is 0 Å². The Balaban J connectivity index is 2.04. The van der Waals surface area contributed by atoms with Crippen LogP contribution in [-0.2, 0) is 17.6 Å². The Hall–Kier alpha value is -1.50. The molecule has 1 aliphatic carbocycles. The summed E-state index contributed by atoms with van der Waals surface area (Å²) in [6.45, 7) is 0. The number of alkyl halides is 2. The molecule has 1 unspecified atom stereocenters. The molecule has 2 N–H and O–H groups in total. The van der Waals surface area contributed by atoms with Crippen LogP contribution in [0.25, 0.3) is 0 Å². The number of carbonyl (C=O) groups excluding carboxylic acids is 1. The van der Waals surface area contributed by atoms with Crippen molar-refractivity contribution in [2.75, 3.05) is 0 Å². The fraction of sp³-hybridized carbons (Fsp3) is 0.500. The van der Waals surface area contributed by atoms with Crippen LogP contribution in [0.5, 0.6) is 0 Å². The van der Waals surface area contributed by atoms with Gasteiger partial charge in [0.2, 0.25) is 6.43 Å². The predicted octanol–water partition coefficient (Wildman–Crippen LogP) is 2.08. The molecular weight excluding hydrogens is 276 g/mol. The van der Waals surface area contributed by atoms with Gasteiger partial charge >= 0.3 is 5.97 Å². The number of carboxylic acid groups (broad SMARTS) is 1. The number of aliphatic carboxylic acids is 1. The second-order valence-corrected chi connectivity index (χ2v) is 5.54. The van der Waals surface area contributed by atoms with Crippen molar-refractivity contribution in [3.63, 3.8) is 0 Å². The highest BCUT2D eigenvalue weighted by Crippen LogP contribution is 2.30. The topological polar surface area (TPSA) is 66.4 Å². The molecule has 0 bridgehead atoms. The third-order valence-corrected chi connectivity index (χ3v) is 4.22. The van der Waals surface area contributed by atoms with Gasteiger partial charge in [0.1, 0.15) is 6.04 Å². The molecule has 1 aromatic heterocycles. The van der Waals surface area contributed by atoms with Gasteiger partial charge in [0, 0.05) is 11.3 Å². The van der Waals surface area contributed by atoms with Crippen LogP contribution in [0.2, 0.25) is 0 Å². The SMILES string of the molecule is O=C(NC(CC(F)F)C(=O)O)c1cc2c(s1)CCC2. The summed E-state index contributed by atoms with van der Waals surface area (Å²) in [4.78, 5) is 24.2. The molecule has 19 heavy (non-hydrogen) atoms. The van der Waals surface area contributed by atoms with Crippen LogP contribution in [0.3, 0.4) is 0 Å². The van der Waals surface area contributed by atoms with Crippen molar-refractivity contribution in [2.24, 2.45) is 0 Å². The number of thiophene rings is 1. The molecular formula is C12H13F2NO3S. The molecule has 0 saturated carbocycles. The van der Waals surface area contributed by atoms with E-state index in [9.17, 15) is 18.4 Å². The van der Waals surface area contributed by atoms with Crippen LogP contribution in [0.4, 0.5) is 8.78 Å². The first kappa shape index (κ1) is 13.9. The summed E-state index contributed by atoms with van der Waals surface area (Å²) in [6.07, 6.45) is -0.751. The van der Waals surface area contributed by atoms with Gasteiger partial charge in [-0.2, -0.15) is 0 Å². The first-order valence-corrected chi connectivity index (χ1v) is 6.72. The molecule has 7 heteroatoms. The quantitative estimate of drug-likeness (QED) is 0.872. The molecule has 1 atom stereocenters. The Morgan fingerprint density at radius 2 is 2.16 bits per heavy atom. The molecule has 1 aromatic rings. The van der Waals surface area contributed by atoms with E-state index in [1.165, 1.54) is 11.3 Å². The van der Waals surface area contributed by atoms with Crippen molar-refractivity contribution >= 4 is 23.2 Å². The van der Waals surface area contributed by atoms with Crippen LogP contribution in [0.15, 0.2) is 6.07 Å². The smallest absolute Gasteiger partial charge is 0.326 e. The van der Waals surface area contributed by atoms with E-state index in [0.29, 0.717) is 4.88 Å². The van der Waals surface area contributed by atoms with Crippen molar-refractivity contribution in [3.8, 4) is 0 Å². The van der Waals surface area contributed by atoms with E-state index in [1.54, 1.807) is 6.07 Å². The van der Waals surface area contributed by atoms with Crippen molar-refractivity contribution < 1.29 is 23.5 Å². The minimum absolute atomic E-state index is 0.394. The van der Waals surface area contributed by atoms with Crippen LogP contribution in [-0.4, -0.2) is 29.5 Å². The third-order valence-electron chi connectivity index (χ3n) is 2.99. The van der Waals surface area contributed by atoms with E-state index < -0.39 is 30.8 Å². The zero-order valence-corrected chi connectivity index (χ0v) is 10.8. The van der Waals surface area contributed by atoms with Gasteiger partial charge in [0.15, 0.2) is 0 Å². The number of amides is 1. The average molecular weight is 289 g/mol. The van der Waals surface area contributed by atoms with Crippen LogP contribution in [0, 0.1) is 0 Å². The molecule has 0 aliphatic heterocycles. The fourth-order valence-electron chi connectivity index (χ4n) is 2.07. The lowest BCUT2D eigenvalue weighted by molar-refractivity contribution is -0.140. The number of fused-ring (bicyclic) bond motifs is 1. The van der Waals surface area contributed by atoms with E-state index >= 15 is 0 Å². The van der Waals surface area contributed by atoms with Gasteiger partial charge in [-0.25, -0.2) is 13.6 Å². The maximum atomic E-state index is 12.2. The number of hydrogen-bond acceptors (Lipinski definition) is 3. The number of rotatable bonds is 5. The Morgan fingerprint density at radius 3 is 2.74 bits per heavy atom. The fourth-order valence-corrected chi connectivity index (χ4v) is 3.23. The zero-order chi connectivity index (χ0) is 14.0. The minimum Gasteiger partial charge on any atom is -0.480 e. The molecule has 0 aromatic carbocycles. The monoisotopic (exact) mass is 289 g/mol. The van der Waals surface area contributed by atoms with Gasteiger partial charge in [-0.3, -0.25) is 4.79 Å². The van der Waals surface area contributed by atoms with Crippen molar-refractivity contribution in [3.05, 3.63) is 21.4 Å². The molecule has 1 amide bonds. The number of halogens is 2. The maximum Gasteiger partial charge on any atom is 0.326 e. The largest absolute Gasteiger partial charge is 0.480 e. The van der Waals surface area contributed by atoms with Crippen LogP contribution in [0.1, 0.15) is 33.0 Å². The Bertz CT molecular complexity index is 480. The molecule has 0 saturated heterocycles. The lowest BCUT2D eigenvalue weighted by Crippen LogP contribution is -2.41. The van der Waals surface area contributed by atoms with Gasteiger partial charge in [-0.15, -0.1) is 11.3 Å². The molecule has 0 radical (unpaired) electrons. The average Bonchev–Trinajstić information content (AvgIpc) is 2.86. The number of nitrogens with one attached hydrogen (secondary N) is 1. The summed E-state index contributed by atoms with van der Waals surface area (Å²) >= 11 is 1.31. The highest BCUT2D eigenvalue weighted by atomic mass is 32.1. The van der Waals surface area contributed by atoms with E-state index in [2.05, 4.69) is 5.32 Å². The summed E-state index contributed by atoms with van der Waals surface area (Å²) in [5.74, 6) is -2.04. The normalized spacial score (nSPS) is 15.3. The van der Waals surface area contributed by atoms with E-state index in [1.807, 2.05) is 0 Å². The van der Waals surface area contributed by atoms with E-state index in [4.69, 9.17) is 5.11 Å². The highest BCUT2D eigenvalue weighted by Gasteiger charge is 2.26. The maximum absolute atomic E-state index is 12.2. The van der Waals surface area contributed by atoms with Gasteiger partial charge in [0.25, 0.3) is 5.91 Å². The lowest BCUT2D eigenvalue weighted by Gasteiger charge is -2.13. The van der Waals surface area contributed by atoms with Crippen LogP contribution >= 0.6 is 11.3 Å². The first-order valence-electron chi connectivity index (χ1n) is 5.90. The van der Waals surface area contributed by atoms with Crippen molar-refractivity contribution in [1.82, 2.24) is 5.32 Å². The molecule has 4 nitrogen and oxygen atoms in total. The second kappa shape index (κ2) is 5.64. The van der Waals surface area contributed by atoms with Gasteiger partial charge in [-0.05, 0) is 30.9 Å². The summed E-state index contributed by atoms with van der Waals surface area (Å²) < 4.78 is 24.4. The molecule has 1 heterocycles. The molecule has 104 valence electrons. The lowest BCUT2D eigenvalue weighted by atomic mass is 10.2. The second-order valence-electron chi connectivity index (χ2n) is 4.40. The Labute approximate surface area is 112 Å². The van der Waals surface area contributed by atoms with E-state index in [-0.39, 0.29) is 0 Å². The van der Waals surface area contributed by atoms with Crippen LogP contribution < -0.4 is 5.32 Å². The zero-order valence-electron chi connectivity index (χ0n) is 9.99. The summed E-state index contributed by atoms with van der Waals surface area (Å²) in [5.41, 5.74) is 1.11. The van der Waals surface area contributed by atoms with Crippen molar-refractivity contribution in [2.45, 2.75) is 38.2 Å². The number of aryl methyl sites for hydroxylation is 2. The third kappa shape index (κ3) is 3.28. The highest BCUT2D eigenvalue weighted by molar-refractivity contribution is 7.14. The summed E-state index contributed by atoms with van der Waals surface area (Å²) in [6, 6.07) is 0.174.